The third-order valence-electron chi connectivity index (χ3n) is 4.59. The van der Waals surface area contributed by atoms with E-state index in [9.17, 15) is 9.90 Å². The van der Waals surface area contributed by atoms with Gasteiger partial charge < -0.3 is 9.84 Å². The topological polar surface area (TPSA) is 46.5 Å². The van der Waals surface area contributed by atoms with E-state index in [2.05, 4.69) is 0 Å². The summed E-state index contributed by atoms with van der Waals surface area (Å²) in [6, 6.07) is 26.7. The van der Waals surface area contributed by atoms with Gasteiger partial charge in [-0.1, -0.05) is 84.4 Å². The molecule has 144 valence electrons. The maximum atomic E-state index is 12.5. The van der Waals surface area contributed by atoms with Crippen LogP contribution >= 0.6 is 23.4 Å². The largest absolute Gasteiger partial charge is 0.467 e. The van der Waals surface area contributed by atoms with Crippen molar-refractivity contribution in [3.63, 3.8) is 0 Å². The molecular formula is C23H21ClO3S. The summed E-state index contributed by atoms with van der Waals surface area (Å²) in [5.74, 6) is -0.0776. The van der Waals surface area contributed by atoms with E-state index in [1.165, 1.54) is 18.9 Å². The molecule has 0 heterocycles. The lowest BCUT2D eigenvalue weighted by Gasteiger charge is -2.37. The molecule has 0 amide bonds. The second-order valence-corrected chi connectivity index (χ2v) is 7.97. The summed E-state index contributed by atoms with van der Waals surface area (Å²) in [5.41, 5.74) is 2.69. The molecule has 0 saturated heterocycles. The quantitative estimate of drug-likeness (QED) is 0.551. The van der Waals surface area contributed by atoms with Crippen LogP contribution in [0.4, 0.5) is 0 Å². The fraction of sp³-hybridized carbons (Fsp3) is 0.174. The summed E-state index contributed by atoms with van der Waals surface area (Å²) in [5, 5.41) is 11.7. The number of halogens is 1. The molecule has 0 saturated carbocycles. The summed E-state index contributed by atoms with van der Waals surface area (Å²) < 4.78 is 3.86. The van der Waals surface area contributed by atoms with E-state index in [0.717, 1.165) is 16.7 Å². The number of aliphatic hydroxyl groups excluding tert-OH is 1. The van der Waals surface area contributed by atoms with E-state index in [1.807, 2.05) is 72.8 Å². The molecule has 0 radical (unpaired) electrons. The molecule has 0 aliphatic heterocycles. The van der Waals surface area contributed by atoms with Crippen molar-refractivity contribution >= 4 is 29.3 Å². The minimum Gasteiger partial charge on any atom is -0.467 e. The fourth-order valence-corrected chi connectivity index (χ4v) is 4.73. The number of rotatable bonds is 7. The summed E-state index contributed by atoms with van der Waals surface area (Å²) in [7, 11) is 1.28. The highest BCUT2D eigenvalue weighted by Gasteiger charge is 2.46. The first-order valence-corrected chi connectivity index (χ1v) is 10.2. The van der Waals surface area contributed by atoms with Crippen molar-refractivity contribution in [3.05, 3.63) is 107 Å². The van der Waals surface area contributed by atoms with Gasteiger partial charge in [0.25, 0.3) is 0 Å². The van der Waals surface area contributed by atoms with Crippen LogP contribution in [0.5, 0.6) is 0 Å². The van der Waals surface area contributed by atoms with Crippen molar-refractivity contribution in [1.82, 2.24) is 0 Å². The predicted octanol–water partition coefficient (Wildman–Crippen LogP) is 5.05. The third kappa shape index (κ3) is 4.25. The van der Waals surface area contributed by atoms with E-state index in [1.54, 1.807) is 12.1 Å². The Balaban J connectivity index is 2.15. The second kappa shape index (κ2) is 9.28. The number of hydrogen-bond acceptors (Lipinski definition) is 4. The number of aliphatic hydroxyl groups is 1. The average molecular weight is 413 g/mol. The molecule has 0 fully saturated rings. The number of benzene rings is 3. The van der Waals surface area contributed by atoms with Gasteiger partial charge in [-0.05, 0) is 28.8 Å². The molecule has 3 aromatic rings. The van der Waals surface area contributed by atoms with Crippen molar-refractivity contribution in [3.8, 4) is 0 Å². The molecule has 3 aromatic carbocycles. The van der Waals surface area contributed by atoms with Gasteiger partial charge >= 0.3 is 5.97 Å². The highest BCUT2D eigenvalue weighted by Crippen LogP contribution is 2.47. The maximum Gasteiger partial charge on any atom is 0.336 e. The molecule has 0 aromatic heterocycles. The number of hydrogen-bond donors (Lipinski definition) is 1. The molecule has 0 bridgehead atoms. The minimum atomic E-state index is -1.39. The number of thioether (sulfide) groups is 1. The number of carbonyl (C=O) groups excluding carboxylic acids is 1. The third-order valence-corrected chi connectivity index (χ3v) is 6.47. The van der Waals surface area contributed by atoms with Crippen LogP contribution in [0.3, 0.4) is 0 Å². The summed E-state index contributed by atoms with van der Waals surface area (Å²) in [6.45, 7) is 0. The van der Waals surface area contributed by atoms with Gasteiger partial charge in [0.2, 0.25) is 0 Å². The van der Waals surface area contributed by atoms with Gasteiger partial charge in [0.05, 0.1) is 7.11 Å². The second-order valence-electron chi connectivity index (χ2n) is 6.31. The van der Waals surface area contributed by atoms with E-state index >= 15 is 0 Å². The van der Waals surface area contributed by atoms with Crippen LogP contribution in [-0.4, -0.2) is 24.3 Å². The van der Waals surface area contributed by atoms with Crippen molar-refractivity contribution in [2.75, 3.05) is 7.11 Å². The smallest absolute Gasteiger partial charge is 0.336 e. The standard InChI is InChI=1S/C23H21ClO3S/c1-27-22(26)21(25)23(18-10-6-3-7-11-18,19-12-14-20(24)15-13-19)28-16-17-8-4-2-5-9-17/h2-15,21,25H,16H2,1H3/t21-,23-/m0/s1. The van der Waals surface area contributed by atoms with Gasteiger partial charge in [-0.2, -0.15) is 0 Å². The molecule has 0 aliphatic rings. The molecule has 0 unspecified atom stereocenters. The van der Waals surface area contributed by atoms with E-state index in [-0.39, 0.29) is 0 Å². The lowest BCUT2D eigenvalue weighted by atomic mass is 9.85. The van der Waals surface area contributed by atoms with E-state index in [0.29, 0.717) is 10.8 Å². The van der Waals surface area contributed by atoms with Crippen molar-refractivity contribution in [2.24, 2.45) is 0 Å². The fourth-order valence-electron chi connectivity index (χ4n) is 3.16. The lowest BCUT2D eigenvalue weighted by molar-refractivity contribution is -0.151. The highest BCUT2D eigenvalue weighted by atomic mass is 35.5. The van der Waals surface area contributed by atoms with Crippen LogP contribution in [0.25, 0.3) is 0 Å². The Labute approximate surface area is 174 Å². The van der Waals surface area contributed by atoms with E-state index < -0.39 is 16.8 Å². The van der Waals surface area contributed by atoms with Gasteiger partial charge in [-0.25, -0.2) is 4.79 Å². The molecule has 5 heteroatoms. The molecule has 0 aliphatic carbocycles. The molecule has 2 atom stereocenters. The first-order chi connectivity index (χ1) is 13.6. The Hall–Kier alpha value is -2.27. The monoisotopic (exact) mass is 412 g/mol. The van der Waals surface area contributed by atoms with Gasteiger partial charge in [-0.3, -0.25) is 0 Å². The highest BCUT2D eigenvalue weighted by molar-refractivity contribution is 7.99. The zero-order chi connectivity index (χ0) is 20.0. The van der Waals surface area contributed by atoms with Gasteiger partial charge in [0.15, 0.2) is 6.10 Å². The first kappa shape index (κ1) is 20.5. The van der Waals surface area contributed by atoms with Crippen LogP contribution in [0.2, 0.25) is 5.02 Å². The zero-order valence-electron chi connectivity index (χ0n) is 15.4. The van der Waals surface area contributed by atoms with Crippen molar-refractivity contribution < 1.29 is 14.6 Å². The van der Waals surface area contributed by atoms with Crippen molar-refractivity contribution in [2.45, 2.75) is 16.6 Å². The Bertz CT molecular complexity index is 900. The van der Waals surface area contributed by atoms with Crippen LogP contribution < -0.4 is 0 Å². The Morgan fingerprint density at radius 3 is 2.07 bits per heavy atom. The summed E-state index contributed by atoms with van der Waals surface area (Å²) >= 11 is 7.58. The Morgan fingerprint density at radius 1 is 0.964 bits per heavy atom. The van der Waals surface area contributed by atoms with Crippen molar-refractivity contribution in [1.29, 1.82) is 0 Å². The summed E-state index contributed by atoms with van der Waals surface area (Å²) in [6.07, 6.45) is -1.39. The van der Waals surface area contributed by atoms with Gasteiger partial charge in [0.1, 0.15) is 4.75 Å². The van der Waals surface area contributed by atoms with Crippen LogP contribution in [0.15, 0.2) is 84.9 Å². The van der Waals surface area contributed by atoms with Gasteiger partial charge in [-0.15, -0.1) is 11.8 Å². The number of carbonyl (C=O) groups is 1. The SMILES string of the molecule is COC(=O)[C@H](O)[C@](SCc1ccccc1)(c1ccccc1)c1ccc(Cl)cc1. The number of ether oxygens (including phenoxy) is 1. The molecule has 3 rings (SSSR count). The van der Waals surface area contributed by atoms with Crippen LogP contribution in [-0.2, 0) is 20.0 Å². The Kier molecular flexibility index (Phi) is 6.79. The Morgan fingerprint density at radius 2 is 1.50 bits per heavy atom. The first-order valence-electron chi connectivity index (χ1n) is 8.83. The molecule has 3 nitrogen and oxygen atoms in total. The van der Waals surface area contributed by atoms with Gasteiger partial charge in [0, 0.05) is 10.8 Å². The molecule has 1 N–H and O–H groups in total. The van der Waals surface area contributed by atoms with Crippen LogP contribution in [0, 0.1) is 0 Å². The lowest BCUT2D eigenvalue weighted by Crippen LogP contribution is -2.44. The average Bonchev–Trinajstić information content (AvgIpc) is 2.76. The predicted molar refractivity (Wildman–Crippen MR) is 114 cm³/mol. The van der Waals surface area contributed by atoms with Crippen LogP contribution in [0.1, 0.15) is 16.7 Å². The number of methoxy groups -OCH3 is 1. The van der Waals surface area contributed by atoms with E-state index in [4.69, 9.17) is 16.3 Å². The zero-order valence-corrected chi connectivity index (χ0v) is 17.0. The molecule has 28 heavy (non-hydrogen) atoms. The molecule has 0 spiro atoms. The molecular weight excluding hydrogens is 392 g/mol. The maximum absolute atomic E-state index is 12.5. The summed E-state index contributed by atoms with van der Waals surface area (Å²) in [4.78, 5) is 12.5. The number of esters is 1. The minimum absolute atomic E-state index is 0.589. The normalized spacial score (nSPS) is 14.1.